The average Bonchev–Trinajstić information content (AvgIpc) is 3.03. The number of rotatable bonds is 2. The normalized spacial score (nSPS) is 11.5. The van der Waals surface area contributed by atoms with Crippen LogP contribution >= 0.6 is 23.6 Å². The lowest BCUT2D eigenvalue weighted by molar-refractivity contribution is 0.825. The van der Waals surface area contributed by atoms with Crippen LogP contribution in [-0.4, -0.2) is 14.5 Å². The molecule has 0 aliphatic heterocycles. The molecule has 0 radical (unpaired) electrons. The topological polar surface area (TPSA) is 33.6 Å². The molecule has 5 heteroatoms. The first-order valence-corrected chi connectivity index (χ1v) is 7.96. The van der Waals surface area contributed by atoms with Gasteiger partial charge in [-0.15, -0.1) is 11.3 Å². The smallest absolute Gasteiger partial charge is 0.178 e. The van der Waals surface area contributed by atoms with Crippen molar-refractivity contribution in [3.05, 3.63) is 57.1 Å². The van der Waals surface area contributed by atoms with Crippen LogP contribution in [0.4, 0.5) is 0 Å². The second-order valence-corrected chi connectivity index (χ2v) is 6.83. The third kappa shape index (κ3) is 2.09. The summed E-state index contributed by atoms with van der Waals surface area (Å²) >= 11 is 7.32. The lowest BCUT2D eigenvalue weighted by atomic mass is 10.2. The first kappa shape index (κ1) is 12.7. The molecule has 0 unspecified atom stereocenters. The Morgan fingerprint density at radius 2 is 2.10 bits per heavy atom. The first-order chi connectivity index (χ1) is 10.2. The zero-order valence-corrected chi connectivity index (χ0v) is 13.1. The monoisotopic (exact) mass is 311 g/mol. The number of para-hydroxylation sites is 1. The van der Waals surface area contributed by atoms with Gasteiger partial charge in [0.25, 0.3) is 0 Å². The van der Waals surface area contributed by atoms with E-state index in [9.17, 15) is 0 Å². The van der Waals surface area contributed by atoms with Gasteiger partial charge in [-0.1, -0.05) is 18.2 Å². The molecule has 0 spiro atoms. The molecular formula is C16H13N3S2. The number of benzene rings is 1. The van der Waals surface area contributed by atoms with E-state index in [1.165, 1.54) is 9.75 Å². The molecule has 104 valence electrons. The van der Waals surface area contributed by atoms with Crippen molar-refractivity contribution < 1.29 is 0 Å². The highest BCUT2D eigenvalue weighted by Crippen LogP contribution is 2.25. The van der Waals surface area contributed by atoms with Crippen molar-refractivity contribution in [2.45, 2.75) is 13.5 Å². The zero-order valence-electron chi connectivity index (χ0n) is 11.5. The van der Waals surface area contributed by atoms with Crippen molar-refractivity contribution in [3.63, 3.8) is 0 Å². The number of hydrogen-bond donors (Lipinski definition) is 1. The van der Waals surface area contributed by atoms with Gasteiger partial charge >= 0.3 is 0 Å². The predicted octanol–water partition coefficient (Wildman–Crippen LogP) is 4.67. The van der Waals surface area contributed by atoms with E-state index in [2.05, 4.69) is 39.7 Å². The molecule has 0 amide bonds. The SMILES string of the molecule is Cc1ccc(Cn2c(=S)[nH]c3cnc4ccccc4c32)s1. The van der Waals surface area contributed by atoms with Crippen molar-refractivity contribution in [1.29, 1.82) is 0 Å². The molecule has 0 aliphatic carbocycles. The third-order valence-electron chi connectivity index (χ3n) is 3.61. The van der Waals surface area contributed by atoms with Crippen LogP contribution in [0, 0.1) is 11.7 Å². The number of H-pyrrole nitrogens is 1. The fraction of sp³-hybridized carbons (Fsp3) is 0.125. The number of aryl methyl sites for hydroxylation is 1. The Bertz CT molecular complexity index is 1010. The van der Waals surface area contributed by atoms with Crippen molar-refractivity contribution in [1.82, 2.24) is 14.5 Å². The molecule has 3 aromatic heterocycles. The van der Waals surface area contributed by atoms with Gasteiger partial charge in [0.15, 0.2) is 4.77 Å². The quantitative estimate of drug-likeness (QED) is 0.546. The summed E-state index contributed by atoms with van der Waals surface area (Å²) < 4.78 is 2.91. The number of aromatic amines is 1. The molecule has 0 saturated heterocycles. The number of hydrogen-bond acceptors (Lipinski definition) is 3. The van der Waals surface area contributed by atoms with Crippen molar-refractivity contribution in [3.8, 4) is 0 Å². The third-order valence-corrected chi connectivity index (χ3v) is 4.92. The highest BCUT2D eigenvalue weighted by atomic mass is 32.1. The minimum Gasteiger partial charge on any atom is -0.329 e. The summed E-state index contributed by atoms with van der Waals surface area (Å²) in [5, 5.41) is 1.13. The van der Waals surface area contributed by atoms with E-state index < -0.39 is 0 Å². The lowest BCUT2D eigenvalue weighted by Crippen LogP contribution is -1.98. The molecule has 0 saturated carbocycles. The van der Waals surface area contributed by atoms with Crippen molar-refractivity contribution in [2.75, 3.05) is 0 Å². The van der Waals surface area contributed by atoms with Crippen LogP contribution < -0.4 is 0 Å². The van der Waals surface area contributed by atoms with Crippen LogP contribution in [0.15, 0.2) is 42.6 Å². The molecule has 0 fully saturated rings. The van der Waals surface area contributed by atoms with E-state index in [0.717, 1.165) is 33.3 Å². The Labute approximate surface area is 130 Å². The second kappa shape index (κ2) is 4.79. The van der Waals surface area contributed by atoms with Crippen LogP contribution in [-0.2, 0) is 6.54 Å². The summed E-state index contributed by atoms with van der Waals surface area (Å²) in [4.78, 5) is 10.4. The number of thiophene rings is 1. The van der Waals surface area contributed by atoms with E-state index in [1.807, 2.05) is 35.7 Å². The van der Waals surface area contributed by atoms with Gasteiger partial charge in [-0.05, 0) is 37.3 Å². The molecule has 3 nitrogen and oxygen atoms in total. The summed E-state index contributed by atoms with van der Waals surface area (Å²) in [5.74, 6) is 0. The molecule has 0 bridgehead atoms. The van der Waals surface area contributed by atoms with Crippen LogP contribution in [0.3, 0.4) is 0 Å². The van der Waals surface area contributed by atoms with Gasteiger partial charge in [0.2, 0.25) is 0 Å². The minimum absolute atomic E-state index is 0.745. The number of pyridine rings is 1. The van der Waals surface area contributed by atoms with Crippen molar-refractivity contribution in [2.24, 2.45) is 0 Å². The van der Waals surface area contributed by atoms with Gasteiger partial charge in [0.1, 0.15) is 0 Å². The summed E-state index contributed by atoms with van der Waals surface area (Å²) in [5.41, 5.74) is 3.12. The molecule has 21 heavy (non-hydrogen) atoms. The average molecular weight is 311 g/mol. The number of nitrogens with zero attached hydrogens (tertiary/aromatic N) is 2. The van der Waals surface area contributed by atoms with Crippen LogP contribution in [0.5, 0.6) is 0 Å². The van der Waals surface area contributed by atoms with E-state index in [1.54, 1.807) is 0 Å². The second-order valence-electron chi connectivity index (χ2n) is 5.07. The Morgan fingerprint density at radius 3 is 2.90 bits per heavy atom. The Balaban J connectivity index is 2.01. The fourth-order valence-corrected chi connectivity index (χ4v) is 3.82. The molecule has 4 aromatic rings. The predicted molar refractivity (Wildman–Crippen MR) is 90.6 cm³/mol. The van der Waals surface area contributed by atoms with Crippen LogP contribution in [0.25, 0.3) is 21.9 Å². The van der Waals surface area contributed by atoms with Crippen molar-refractivity contribution >= 4 is 45.5 Å². The highest BCUT2D eigenvalue weighted by molar-refractivity contribution is 7.71. The molecular weight excluding hydrogens is 298 g/mol. The van der Waals surface area contributed by atoms with Gasteiger partial charge in [0.05, 0.1) is 29.3 Å². The minimum atomic E-state index is 0.745. The van der Waals surface area contributed by atoms with Gasteiger partial charge in [0, 0.05) is 15.1 Å². The van der Waals surface area contributed by atoms with Gasteiger partial charge in [-0.3, -0.25) is 4.98 Å². The number of imidazole rings is 1. The molecule has 1 aromatic carbocycles. The van der Waals surface area contributed by atoms with Gasteiger partial charge in [-0.25, -0.2) is 0 Å². The maximum absolute atomic E-state index is 5.51. The Kier molecular flexibility index (Phi) is 2.90. The number of aromatic nitrogens is 3. The van der Waals surface area contributed by atoms with Crippen LogP contribution in [0.2, 0.25) is 0 Å². The lowest BCUT2D eigenvalue weighted by Gasteiger charge is -2.05. The molecule has 3 heterocycles. The van der Waals surface area contributed by atoms with E-state index in [0.29, 0.717) is 0 Å². The van der Waals surface area contributed by atoms with E-state index in [-0.39, 0.29) is 0 Å². The summed E-state index contributed by atoms with van der Waals surface area (Å²) in [6.07, 6.45) is 1.86. The first-order valence-electron chi connectivity index (χ1n) is 6.74. The van der Waals surface area contributed by atoms with Crippen LogP contribution in [0.1, 0.15) is 9.75 Å². The molecule has 4 rings (SSSR count). The molecule has 0 atom stereocenters. The standard InChI is InChI=1S/C16H13N3S2/c1-10-6-7-11(21-10)9-19-15-12-4-2-3-5-13(12)17-8-14(15)18-16(19)20/h2-8H,9H2,1H3,(H,18,20). The Morgan fingerprint density at radius 1 is 1.24 bits per heavy atom. The number of fused-ring (bicyclic) bond motifs is 3. The van der Waals surface area contributed by atoms with Gasteiger partial charge in [-0.2, -0.15) is 0 Å². The zero-order chi connectivity index (χ0) is 14.4. The van der Waals surface area contributed by atoms with E-state index >= 15 is 0 Å². The highest BCUT2D eigenvalue weighted by Gasteiger charge is 2.10. The maximum atomic E-state index is 5.51. The van der Waals surface area contributed by atoms with Gasteiger partial charge < -0.3 is 9.55 Å². The van der Waals surface area contributed by atoms with E-state index in [4.69, 9.17) is 12.2 Å². The number of nitrogens with one attached hydrogen (secondary N) is 1. The molecule has 1 N–H and O–H groups in total. The summed E-state index contributed by atoms with van der Waals surface area (Å²) in [6, 6.07) is 12.5. The fourth-order valence-electron chi connectivity index (χ4n) is 2.67. The largest absolute Gasteiger partial charge is 0.329 e. The summed E-state index contributed by atoms with van der Waals surface area (Å²) in [6.45, 7) is 2.92. The Hall–Kier alpha value is -1.98. The maximum Gasteiger partial charge on any atom is 0.178 e. The summed E-state index contributed by atoms with van der Waals surface area (Å²) in [7, 11) is 0. The molecule has 0 aliphatic rings.